The molecule has 0 spiro atoms. The monoisotopic (exact) mass is 459 g/mol. The average Bonchev–Trinajstić information content (AvgIpc) is 3.18. The molecule has 152 valence electrons. The lowest BCUT2D eigenvalue weighted by atomic mass is 9.79. The van der Waals surface area contributed by atoms with Gasteiger partial charge >= 0.3 is 0 Å². The van der Waals surface area contributed by atoms with E-state index in [2.05, 4.69) is 15.3 Å². The van der Waals surface area contributed by atoms with Gasteiger partial charge in [-0.05, 0) is 49.3 Å². The van der Waals surface area contributed by atoms with Crippen LogP contribution in [0.1, 0.15) is 36.5 Å². The fourth-order valence-corrected chi connectivity index (χ4v) is 4.71. The fourth-order valence-electron chi connectivity index (χ4n) is 4.13. The highest BCUT2D eigenvalue weighted by Gasteiger charge is 2.39. The molecule has 1 aliphatic carbocycles. The van der Waals surface area contributed by atoms with Crippen LogP contribution in [-0.4, -0.2) is 15.8 Å². The maximum atomic E-state index is 12.9. The number of aromatic amines is 2. The van der Waals surface area contributed by atoms with E-state index in [-0.39, 0.29) is 16.1 Å². The number of hydrogen-bond acceptors (Lipinski definition) is 5. The molecule has 2 aromatic heterocycles. The Hall–Kier alpha value is -2.61. The summed E-state index contributed by atoms with van der Waals surface area (Å²) in [4.78, 5) is 31.3. The lowest BCUT2D eigenvalue weighted by Crippen LogP contribution is -2.32. The van der Waals surface area contributed by atoms with E-state index < -0.39 is 5.92 Å². The van der Waals surface area contributed by atoms with Gasteiger partial charge in [-0.25, -0.2) is 0 Å². The highest BCUT2D eigenvalue weighted by molar-refractivity contribution is 7.71. The molecule has 0 saturated heterocycles. The molecular formula is C21H15Cl2N3O3S. The summed E-state index contributed by atoms with van der Waals surface area (Å²) < 4.78 is 6.34. The lowest BCUT2D eigenvalue weighted by molar-refractivity contribution is -0.116. The van der Waals surface area contributed by atoms with E-state index in [0.717, 1.165) is 12.1 Å². The van der Waals surface area contributed by atoms with E-state index in [0.29, 0.717) is 56.9 Å². The van der Waals surface area contributed by atoms with Crippen molar-refractivity contribution < 1.29 is 9.21 Å². The smallest absolute Gasteiger partial charge is 0.258 e. The number of H-pyrrole nitrogens is 2. The van der Waals surface area contributed by atoms with Crippen LogP contribution in [0, 0.1) is 4.77 Å². The van der Waals surface area contributed by atoms with Gasteiger partial charge in [0.2, 0.25) is 0 Å². The van der Waals surface area contributed by atoms with Crippen molar-refractivity contribution in [2.75, 3.05) is 5.32 Å². The van der Waals surface area contributed by atoms with Crippen molar-refractivity contribution in [3.63, 3.8) is 0 Å². The Morgan fingerprint density at radius 1 is 1.07 bits per heavy atom. The summed E-state index contributed by atoms with van der Waals surface area (Å²) in [6, 6.07) is 8.80. The molecule has 1 unspecified atom stereocenters. The molecule has 3 aromatic rings. The number of anilines is 1. The molecule has 1 atom stereocenters. The molecule has 5 rings (SSSR count). The number of Topliss-reactive ketones (excluding diaryl/α,β-unsaturated/α-hetero) is 1. The number of carbonyl (C=O) groups excluding carboxylic acids is 1. The number of benzene rings is 1. The normalized spacial score (nSPS) is 18.1. The zero-order chi connectivity index (χ0) is 21.0. The van der Waals surface area contributed by atoms with Crippen LogP contribution in [0.3, 0.4) is 0 Å². The van der Waals surface area contributed by atoms with Gasteiger partial charge in [0.25, 0.3) is 5.56 Å². The minimum absolute atomic E-state index is 0.0000111. The molecular weight excluding hydrogens is 445 g/mol. The first kappa shape index (κ1) is 19.4. The number of ketones is 1. The summed E-state index contributed by atoms with van der Waals surface area (Å²) in [5, 5.41) is 3.99. The standard InChI is InChI=1S/C21H15Cl2N3O3S/c22-10-4-1-3-9(18(10)23)13-7-8-14(29-13)16-15-11(5-2-6-12(15)27)24-19-17(16)20(28)26-21(30)25-19/h1,3-4,7-8,16H,2,5-6H2,(H3,24,25,26,28,30). The second-order valence-electron chi connectivity index (χ2n) is 7.23. The Labute approximate surface area is 185 Å². The highest BCUT2D eigenvalue weighted by atomic mass is 35.5. The van der Waals surface area contributed by atoms with Gasteiger partial charge in [0.05, 0.1) is 21.5 Å². The number of allylic oxidation sites excluding steroid dienone is 2. The largest absolute Gasteiger partial charge is 0.460 e. The second kappa shape index (κ2) is 7.27. The third-order valence-electron chi connectivity index (χ3n) is 5.42. The van der Waals surface area contributed by atoms with Gasteiger partial charge in [-0.2, -0.15) is 0 Å². The summed E-state index contributed by atoms with van der Waals surface area (Å²) in [5.41, 5.74) is 1.99. The van der Waals surface area contributed by atoms with Crippen molar-refractivity contribution >= 4 is 47.0 Å². The summed E-state index contributed by atoms with van der Waals surface area (Å²) in [6.45, 7) is 0. The van der Waals surface area contributed by atoms with E-state index in [4.69, 9.17) is 39.8 Å². The minimum atomic E-state index is -0.647. The zero-order valence-corrected chi connectivity index (χ0v) is 17.8. The molecule has 3 heterocycles. The Morgan fingerprint density at radius 3 is 2.73 bits per heavy atom. The van der Waals surface area contributed by atoms with E-state index in [1.165, 1.54) is 0 Å². The number of nitrogens with one attached hydrogen (secondary N) is 3. The summed E-state index contributed by atoms with van der Waals surface area (Å²) >= 11 is 17.6. The van der Waals surface area contributed by atoms with Gasteiger partial charge in [-0.1, -0.05) is 29.3 Å². The van der Waals surface area contributed by atoms with E-state index in [1.807, 2.05) is 0 Å². The molecule has 3 N–H and O–H groups in total. The van der Waals surface area contributed by atoms with E-state index >= 15 is 0 Å². The number of rotatable bonds is 2. The number of halogens is 2. The van der Waals surface area contributed by atoms with Crippen LogP contribution in [0.15, 0.2) is 50.8 Å². The Morgan fingerprint density at radius 2 is 1.90 bits per heavy atom. The van der Waals surface area contributed by atoms with Crippen LogP contribution in [0.5, 0.6) is 0 Å². The fraction of sp³-hybridized carbons (Fsp3) is 0.190. The van der Waals surface area contributed by atoms with Crippen molar-refractivity contribution in [1.29, 1.82) is 0 Å². The SMILES string of the molecule is O=C1CCCC2=C1C(c1ccc(-c3cccc(Cl)c3Cl)o1)c1c([nH]c(=S)[nH]c1=O)N2. The molecule has 0 saturated carbocycles. The number of carbonyl (C=O) groups is 1. The van der Waals surface area contributed by atoms with Crippen molar-refractivity contribution in [1.82, 2.24) is 9.97 Å². The van der Waals surface area contributed by atoms with Gasteiger partial charge in [0.1, 0.15) is 17.3 Å². The molecule has 0 fully saturated rings. The predicted molar refractivity (Wildman–Crippen MR) is 118 cm³/mol. The van der Waals surface area contributed by atoms with Gasteiger partial charge in [0.15, 0.2) is 10.6 Å². The Bertz CT molecular complexity index is 1350. The molecule has 1 aromatic carbocycles. The van der Waals surface area contributed by atoms with Crippen LogP contribution in [-0.2, 0) is 4.79 Å². The Balaban J connectivity index is 1.71. The molecule has 0 bridgehead atoms. The first-order chi connectivity index (χ1) is 14.4. The number of furan rings is 1. The van der Waals surface area contributed by atoms with E-state index in [1.54, 1.807) is 30.3 Å². The Kier molecular flexibility index (Phi) is 4.69. The second-order valence-corrected chi connectivity index (χ2v) is 8.42. The van der Waals surface area contributed by atoms with Crippen LogP contribution < -0.4 is 10.9 Å². The van der Waals surface area contributed by atoms with Crippen molar-refractivity contribution in [2.24, 2.45) is 0 Å². The minimum Gasteiger partial charge on any atom is -0.460 e. The third-order valence-corrected chi connectivity index (χ3v) is 6.44. The molecule has 30 heavy (non-hydrogen) atoms. The van der Waals surface area contributed by atoms with Crippen molar-refractivity contribution in [3.8, 4) is 11.3 Å². The van der Waals surface area contributed by atoms with Crippen molar-refractivity contribution in [2.45, 2.75) is 25.2 Å². The summed E-state index contributed by atoms with van der Waals surface area (Å²) in [7, 11) is 0. The summed E-state index contributed by atoms with van der Waals surface area (Å²) in [5.74, 6) is 0.818. The number of fused-ring (bicyclic) bond motifs is 1. The molecule has 0 amide bonds. The van der Waals surface area contributed by atoms with Gasteiger partial charge in [0, 0.05) is 23.3 Å². The zero-order valence-electron chi connectivity index (χ0n) is 15.5. The summed E-state index contributed by atoms with van der Waals surface area (Å²) in [6.07, 6.45) is 1.89. The molecule has 0 radical (unpaired) electrons. The first-order valence-corrected chi connectivity index (χ1v) is 10.5. The predicted octanol–water partition coefficient (Wildman–Crippen LogP) is 5.56. The van der Waals surface area contributed by atoms with Crippen LogP contribution in [0.4, 0.5) is 5.82 Å². The van der Waals surface area contributed by atoms with Crippen LogP contribution >= 0.6 is 35.4 Å². The third kappa shape index (κ3) is 3.05. The van der Waals surface area contributed by atoms with Crippen molar-refractivity contribution in [3.05, 3.63) is 78.1 Å². The van der Waals surface area contributed by atoms with Crippen LogP contribution in [0.2, 0.25) is 10.0 Å². The average molecular weight is 460 g/mol. The lowest BCUT2D eigenvalue weighted by Gasteiger charge is -2.31. The first-order valence-electron chi connectivity index (χ1n) is 9.38. The molecule has 1 aliphatic heterocycles. The quantitative estimate of drug-likeness (QED) is 0.436. The van der Waals surface area contributed by atoms with Gasteiger partial charge in [-0.15, -0.1) is 0 Å². The van der Waals surface area contributed by atoms with Crippen LogP contribution in [0.25, 0.3) is 11.3 Å². The van der Waals surface area contributed by atoms with Gasteiger partial charge in [-0.3, -0.25) is 14.6 Å². The maximum absolute atomic E-state index is 12.9. The number of aromatic nitrogens is 2. The topological polar surface area (TPSA) is 90.9 Å². The highest BCUT2D eigenvalue weighted by Crippen LogP contribution is 2.45. The maximum Gasteiger partial charge on any atom is 0.258 e. The molecule has 2 aliphatic rings. The van der Waals surface area contributed by atoms with Gasteiger partial charge < -0.3 is 14.7 Å². The molecule has 9 heteroatoms. The van der Waals surface area contributed by atoms with E-state index in [9.17, 15) is 9.59 Å². The molecule has 6 nitrogen and oxygen atoms in total. The number of hydrogen-bond donors (Lipinski definition) is 3.